The van der Waals surface area contributed by atoms with Crippen molar-refractivity contribution in [2.45, 2.75) is 17.9 Å². The number of primary sulfonamides is 1. The lowest BCUT2D eigenvalue weighted by molar-refractivity contribution is 0.558. The Kier molecular flexibility index (Phi) is 4.46. The third-order valence-electron chi connectivity index (χ3n) is 2.29. The van der Waals surface area contributed by atoms with E-state index in [4.69, 9.17) is 5.14 Å². The molecule has 0 amide bonds. The first-order valence-corrected chi connectivity index (χ1v) is 8.02. The predicted octanol–water partition coefficient (Wildman–Crippen LogP) is -0.551. The van der Waals surface area contributed by atoms with E-state index < -0.39 is 26.3 Å². The third-order valence-corrected chi connectivity index (χ3v) is 4.40. The van der Waals surface area contributed by atoms with Gasteiger partial charge in [-0.2, -0.15) is 13.1 Å². The predicted molar refractivity (Wildman–Crippen MR) is 67.3 cm³/mol. The van der Waals surface area contributed by atoms with Gasteiger partial charge in [0.2, 0.25) is 10.0 Å². The second-order valence-electron chi connectivity index (χ2n) is 3.66. The molecule has 0 saturated carbocycles. The lowest BCUT2D eigenvalue weighted by Crippen LogP contribution is -2.35. The quantitative estimate of drug-likeness (QED) is 0.674. The molecule has 0 radical (unpaired) electrons. The maximum atomic E-state index is 11.3. The van der Waals surface area contributed by atoms with Crippen LogP contribution < -0.4 is 14.6 Å². The van der Waals surface area contributed by atoms with Crippen LogP contribution in [-0.4, -0.2) is 23.9 Å². The zero-order chi connectivity index (χ0) is 14.0. The van der Waals surface area contributed by atoms with Crippen molar-refractivity contribution in [3.05, 3.63) is 29.8 Å². The highest BCUT2D eigenvalue weighted by molar-refractivity contribution is 7.89. The summed E-state index contributed by atoms with van der Waals surface area (Å²) in [5, 5.41) is 5.00. The van der Waals surface area contributed by atoms with Crippen molar-refractivity contribution in [3.63, 3.8) is 0 Å². The van der Waals surface area contributed by atoms with Crippen molar-refractivity contribution >= 4 is 20.2 Å². The van der Waals surface area contributed by atoms with E-state index in [1.807, 2.05) is 0 Å². The summed E-state index contributed by atoms with van der Waals surface area (Å²) in [5.74, 6) is 0. The van der Waals surface area contributed by atoms with Gasteiger partial charge >= 0.3 is 0 Å². The zero-order valence-corrected chi connectivity index (χ0v) is 11.5. The first-order chi connectivity index (χ1) is 8.15. The number of nitrogens with two attached hydrogens (primary N) is 1. The van der Waals surface area contributed by atoms with E-state index in [1.54, 1.807) is 13.0 Å². The van der Waals surface area contributed by atoms with Crippen LogP contribution >= 0.6 is 0 Å². The molecule has 0 spiro atoms. The van der Waals surface area contributed by atoms with Crippen LogP contribution in [-0.2, 0) is 20.2 Å². The Morgan fingerprint density at radius 1 is 1.22 bits per heavy atom. The minimum atomic E-state index is -3.80. The molecule has 18 heavy (non-hydrogen) atoms. The zero-order valence-electron chi connectivity index (χ0n) is 9.91. The van der Waals surface area contributed by atoms with Crippen LogP contribution in [0.3, 0.4) is 0 Å². The van der Waals surface area contributed by atoms with Gasteiger partial charge in [-0.1, -0.05) is 12.1 Å². The standard InChI is InChI=1S/C9H15N3O4S2/c1-7(12-18(15,16)11-2)8-4-3-5-9(6-8)17(10,13)14/h3-7,11-12H,1-2H3,(H2,10,13,14). The molecule has 0 fully saturated rings. The van der Waals surface area contributed by atoms with Crippen molar-refractivity contribution in [1.29, 1.82) is 0 Å². The average molecular weight is 293 g/mol. The molecule has 0 aromatic heterocycles. The highest BCUT2D eigenvalue weighted by atomic mass is 32.2. The molecule has 4 N–H and O–H groups in total. The molecule has 1 rings (SSSR count). The monoisotopic (exact) mass is 293 g/mol. The van der Waals surface area contributed by atoms with Crippen LogP contribution in [0.5, 0.6) is 0 Å². The van der Waals surface area contributed by atoms with E-state index >= 15 is 0 Å². The largest absolute Gasteiger partial charge is 0.277 e. The van der Waals surface area contributed by atoms with Crippen LogP contribution in [0.25, 0.3) is 0 Å². The summed E-state index contributed by atoms with van der Waals surface area (Å²) < 4.78 is 49.4. The summed E-state index contributed by atoms with van der Waals surface area (Å²) in [6.45, 7) is 1.59. The molecule has 102 valence electrons. The molecule has 1 aromatic carbocycles. The number of hydrogen-bond donors (Lipinski definition) is 3. The average Bonchev–Trinajstić information content (AvgIpc) is 2.27. The number of rotatable bonds is 5. The van der Waals surface area contributed by atoms with Crippen LogP contribution in [0.1, 0.15) is 18.5 Å². The molecule has 9 heteroatoms. The number of hydrogen-bond acceptors (Lipinski definition) is 4. The molecule has 1 aromatic rings. The van der Waals surface area contributed by atoms with Crippen molar-refractivity contribution in [3.8, 4) is 0 Å². The summed E-state index contributed by atoms with van der Waals surface area (Å²) in [6.07, 6.45) is 0. The fourth-order valence-corrected chi connectivity index (χ4v) is 2.61. The molecule has 0 bridgehead atoms. The molecule has 7 nitrogen and oxygen atoms in total. The maximum absolute atomic E-state index is 11.3. The number of benzene rings is 1. The summed E-state index contributed by atoms with van der Waals surface area (Å²) in [5.41, 5.74) is 0.500. The summed E-state index contributed by atoms with van der Waals surface area (Å²) >= 11 is 0. The summed E-state index contributed by atoms with van der Waals surface area (Å²) in [4.78, 5) is -0.0597. The van der Waals surface area contributed by atoms with Gasteiger partial charge in [0.25, 0.3) is 10.2 Å². The molecule has 0 aliphatic heterocycles. The van der Waals surface area contributed by atoms with Gasteiger partial charge < -0.3 is 0 Å². The first kappa shape index (κ1) is 15.1. The Morgan fingerprint density at radius 2 is 1.83 bits per heavy atom. The summed E-state index contributed by atoms with van der Waals surface area (Å²) in [6, 6.07) is 5.21. The van der Waals surface area contributed by atoms with Gasteiger partial charge in [0.1, 0.15) is 0 Å². The van der Waals surface area contributed by atoms with Gasteiger partial charge in [-0.05, 0) is 24.6 Å². The van der Waals surface area contributed by atoms with Gasteiger partial charge in [0.05, 0.1) is 4.90 Å². The molecule has 0 aliphatic rings. The number of sulfonamides is 1. The minimum Gasteiger partial charge on any atom is -0.225 e. The van der Waals surface area contributed by atoms with Crippen LogP contribution in [0.15, 0.2) is 29.2 Å². The van der Waals surface area contributed by atoms with Crippen molar-refractivity contribution < 1.29 is 16.8 Å². The highest BCUT2D eigenvalue weighted by Crippen LogP contribution is 2.17. The number of nitrogens with one attached hydrogen (secondary N) is 2. The highest BCUT2D eigenvalue weighted by Gasteiger charge is 2.15. The van der Waals surface area contributed by atoms with E-state index in [9.17, 15) is 16.8 Å². The molecule has 1 unspecified atom stereocenters. The topological polar surface area (TPSA) is 118 Å². The Morgan fingerprint density at radius 3 is 2.33 bits per heavy atom. The lowest BCUT2D eigenvalue weighted by atomic mass is 10.1. The van der Waals surface area contributed by atoms with Crippen LogP contribution in [0.2, 0.25) is 0 Å². The Bertz CT molecular complexity index is 625. The summed E-state index contributed by atoms with van der Waals surface area (Å²) in [7, 11) is -6.12. The lowest BCUT2D eigenvalue weighted by Gasteiger charge is -2.14. The molecular formula is C9H15N3O4S2. The third kappa shape index (κ3) is 4.03. The van der Waals surface area contributed by atoms with Crippen molar-refractivity contribution in [2.75, 3.05) is 7.05 Å². The second kappa shape index (κ2) is 5.33. The maximum Gasteiger partial charge on any atom is 0.277 e. The van der Waals surface area contributed by atoms with E-state index in [-0.39, 0.29) is 4.90 Å². The first-order valence-electron chi connectivity index (χ1n) is 4.99. The van der Waals surface area contributed by atoms with Crippen LogP contribution in [0, 0.1) is 0 Å². The van der Waals surface area contributed by atoms with Crippen molar-refractivity contribution in [1.82, 2.24) is 9.44 Å². The van der Waals surface area contributed by atoms with E-state index in [0.29, 0.717) is 5.56 Å². The Labute approximate surface area is 107 Å². The van der Waals surface area contributed by atoms with E-state index in [0.717, 1.165) is 0 Å². The Hall–Kier alpha value is -1.00. The molecule has 0 saturated heterocycles. The fourth-order valence-electron chi connectivity index (χ4n) is 1.32. The Balaban J connectivity index is 3.05. The molecule has 0 aliphatic carbocycles. The van der Waals surface area contributed by atoms with Gasteiger partial charge in [-0.15, -0.1) is 0 Å². The normalized spacial score (nSPS) is 14.4. The van der Waals surface area contributed by atoms with E-state index in [2.05, 4.69) is 9.44 Å². The van der Waals surface area contributed by atoms with Crippen molar-refractivity contribution in [2.24, 2.45) is 5.14 Å². The smallest absolute Gasteiger partial charge is 0.225 e. The molecule has 1 atom stereocenters. The second-order valence-corrected chi connectivity index (χ2v) is 6.88. The molecule has 0 heterocycles. The van der Waals surface area contributed by atoms with E-state index in [1.165, 1.54) is 25.2 Å². The van der Waals surface area contributed by atoms with Gasteiger partial charge in [-0.25, -0.2) is 18.3 Å². The van der Waals surface area contributed by atoms with Gasteiger partial charge in [0.15, 0.2) is 0 Å². The molecular weight excluding hydrogens is 278 g/mol. The minimum absolute atomic E-state index is 0.0597. The fraction of sp³-hybridized carbons (Fsp3) is 0.333. The van der Waals surface area contributed by atoms with Gasteiger partial charge in [0, 0.05) is 13.1 Å². The SMILES string of the molecule is CNS(=O)(=O)NC(C)c1cccc(S(N)(=O)=O)c1. The van der Waals surface area contributed by atoms with Crippen LogP contribution in [0.4, 0.5) is 0 Å². The van der Waals surface area contributed by atoms with Gasteiger partial charge in [-0.3, -0.25) is 0 Å².